The van der Waals surface area contributed by atoms with Crippen molar-refractivity contribution in [3.63, 3.8) is 0 Å². The second-order valence-corrected chi connectivity index (χ2v) is 6.34. The molecule has 0 spiro atoms. The zero-order valence-corrected chi connectivity index (χ0v) is 11.0. The largest absolute Gasteiger partial charge is 0.393 e. The molecular weight excluding hydrogens is 186 g/mol. The Kier molecular flexibility index (Phi) is 4.19. The lowest BCUT2D eigenvalue weighted by Crippen LogP contribution is -2.46. The maximum Gasteiger partial charge on any atom is 0.0540 e. The Hall–Kier alpha value is -0.0800. The highest BCUT2D eigenvalue weighted by atomic mass is 16.3. The van der Waals surface area contributed by atoms with Gasteiger partial charge < -0.3 is 10.0 Å². The number of rotatable bonds is 2. The third-order valence-corrected chi connectivity index (χ3v) is 3.63. The van der Waals surface area contributed by atoms with Crippen molar-refractivity contribution in [1.29, 1.82) is 0 Å². The Morgan fingerprint density at radius 3 is 1.87 bits per heavy atom. The average Bonchev–Trinajstić information content (AvgIpc) is 2.05. The molecule has 0 saturated heterocycles. The lowest BCUT2D eigenvalue weighted by molar-refractivity contribution is 0.0360. The standard InChI is InChI=1S/C13H27NO/c1-13(2,3)12(14(4)5)10-6-8-11(15)9-7-10/h10-12,15H,6-9H2,1-5H3. The Morgan fingerprint density at radius 1 is 1.07 bits per heavy atom. The SMILES string of the molecule is CN(C)C(C1CCC(O)CC1)C(C)(C)C. The first-order chi connectivity index (χ1) is 6.82. The van der Waals surface area contributed by atoms with Gasteiger partial charge in [0.2, 0.25) is 0 Å². The molecule has 1 N–H and O–H groups in total. The van der Waals surface area contributed by atoms with Crippen LogP contribution in [0, 0.1) is 11.3 Å². The summed E-state index contributed by atoms with van der Waals surface area (Å²) in [5, 5.41) is 9.54. The van der Waals surface area contributed by atoms with Gasteiger partial charge in [-0.15, -0.1) is 0 Å². The number of nitrogens with zero attached hydrogens (tertiary/aromatic N) is 1. The second kappa shape index (κ2) is 4.84. The maximum atomic E-state index is 9.54. The van der Waals surface area contributed by atoms with Crippen LogP contribution in [0.5, 0.6) is 0 Å². The van der Waals surface area contributed by atoms with Crippen LogP contribution in [-0.2, 0) is 0 Å². The first-order valence-corrected chi connectivity index (χ1v) is 6.17. The number of hydrogen-bond donors (Lipinski definition) is 1. The topological polar surface area (TPSA) is 23.5 Å². The monoisotopic (exact) mass is 213 g/mol. The van der Waals surface area contributed by atoms with Crippen LogP contribution < -0.4 is 0 Å². The number of aliphatic hydroxyl groups is 1. The lowest BCUT2D eigenvalue weighted by atomic mass is 9.72. The van der Waals surface area contributed by atoms with E-state index in [-0.39, 0.29) is 6.10 Å². The quantitative estimate of drug-likeness (QED) is 0.762. The molecule has 1 saturated carbocycles. The predicted molar refractivity (Wildman–Crippen MR) is 64.9 cm³/mol. The summed E-state index contributed by atoms with van der Waals surface area (Å²) in [5.41, 5.74) is 0.330. The molecule has 0 heterocycles. The van der Waals surface area contributed by atoms with E-state index < -0.39 is 0 Å². The summed E-state index contributed by atoms with van der Waals surface area (Å²) < 4.78 is 0. The Balaban J connectivity index is 2.65. The van der Waals surface area contributed by atoms with Crippen LogP contribution in [0.3, 0.4) is 0 Å². The van der Waals surface area contributed by atoms with E-state index >= 15 is 0 Å². The normalized spacial score (nSPS) is 30.6. The number of hydrogen-bond acceptors (Lipinski definition) is 2. The molecule has 1 aliphatic rings. The third-order valence-electron chi connectivity index (χ3n) is 3.63. The van der Waals surface area contributed by atoms with Crippen molar-refractivity contribution in [2.75, 3.05) is 14.1 Å². The third kappa shape index (κ3) is 3.46. The molecule has 15 heavy (non-hydrogen) atoms. The zero-order valence-electron chi connectivity index (χ0n) is 11.0. The van der Waals surface area contributed by atoms with Crippen LogP contribution in [0.15, 0.2) is 0 Å². The predicted octanol–water partition coefficient (Wildman–Crippen LogP) is 2.51. The molecule has 0 radical (unpaired) electrons. The van der Waals surface area contributed by atoms with Gasteiger partial charge in [0.15, 0.2) is 0 Å². The molecule has 0 bridgehead atoms. The summed E-state index contributed by atoms with van der Waals surface area (Å²) in [6.07, 6.45) is 4.31. The summed E-state index contributed by atoms with van der Waals surface area (Å²) in [7, 11) is 4.36. The molecule has 1 fully saturated rings. The van der Waals surface area contributed by atoms with E-state index in [1.807, 2.05) is 0 Å². The molecular formula is C13H27NO. The molecule has 2 nitrogen and oxygen atoms in total. The first-order valence-electron chi connectivity index (χ1n) is 6.17. The highest BCUT2D eigenvalue weighted by Crippen LogP contribution is 2.37. The average molecular weight is 213 g/mol. The van der Waals surface area contributed by atoms with E-state index in [1.54, 1.807) is 0 Å². The van der Waals surface area contributed by atoms with E-state index in [0.717, 1.165) is 18.8 Å². The summed E-state index contributed by atoms with van der Waals surface area (Å²) in [5.74, 6) is 0.753. The summed E-state index contributed by atoms with van der Waals surface area (Å²) in [4.78, 5) is 2.36. The molecule has 2 heteroatoms. The van der Waals surface area contributed by atoms with E-state index in [1.165, 1.54) is 12.8 Å². The van der Waals surface area contributed by atoms with Crippen molar-refractivity contribution in [1.82, 2.24) is 4.90 Å². The van der Waals surface area contributed by atoms with Crippen molar-refractivity contribution in [2.45, 2.75) is 58.6 Å². The molecule has 1 unspecified atom stereocenters. The van der Waals surface area contributed by atoms with E-state index in [2.05, 4.69) is 39.8 Å². The van der Waals surface area contributed by atoms with Gasteiger partial charge in [-0.2, -0.15) is 0 Å². The van der Waals surface area contributed by atoms with Gasteiger partial charge in [-0.25, -0.2) is 0 Å². The van der Waals surface area contributed by atoms with Gasteiger partial charge in [0, 0.05) is 6.04 Å². The van der Waals surface area contributed by atoms with Crippen LogP contribution in [0.2, 0.25) is 0 Å². The van der Waals surface area contributed by atoms with Gasteiger partial charge >= 0.3 is 0 Å². The van der Waals surface area contributed by atoms with Crippen LogP contribution in [0.4, 0.5) is 0 Å². The summed E-state index contributed by atoms with van der Waals surface area (Å²) in [6, 6.07) is 0.630. The smallest absolute Gasteiger partial charge is 0.0540 e. The molecule has 0 aromatic rings. The fourth-order valence-corrected chi connectivity index (χ4v) is 3.32. The Labute approximate surface area is 94.7 Å². The van der Waals surface area contributed by atoms with E-state index in [0.29, 0.717) is 11.5 Å². The van der Waals surface area contributed by atoms with Gasteiger partial charge in [-0.05, 0) is 51.1 Å². The first kappa shape index (κ1) is 13.0. The minimum atomic E-state index is -0.0379. The van der Waals surface area contributed by atoms with Crippen LogP contribution in [0.25, 0.3) is 0 Å². The van der Waals surface area contributed by atoms with Gasteiger partial charge in [-0.1, -0.05) is 20.8 Å². The fourth-order valence-electron chi connectivity index (χ4n) is 3.32. The zero-order chi connectivity index (χ0) is 11.6. The van der Waals surface area contributed by atoms with Gasteiger partial charge in [0.25, 0.3) is 0 Å². The van der Waals surface area contributed by atoms with Gasteiger partial charge in [0.1, 0.15) is 0 Å². The minimum absolute atomic E-state index is 0.0379. The Bertz CT molecular complexity index is 187. The molecule has 1 atom stereocenters. The van der Waals surface area contributed by atoms with Crippen LogP contribution >= 0.6 is 0 Å². The number of aliphatic hydroxyl groups excluding tert-OH is 1. The highest BCUT2D eigenvalue weighted by Gasteiger charge is 2.35. The summed E-state index contributed by atoms with van der Waals surface area (Å²) >= 11 is 0. The minimum Gasteiger partial charge on any atom is -0.393 e. The van der Waals surface area contributed by atoms with Gasteiger partial charge in [0.05, 0.1) is 6.10 Å². The molecule has 1 aliphatic carbocycles. The van der Waals surface area contributed by atoms with Crippen molar-refractivity contribution in [3.8, 4) is 0 Å². The van der Waals surface area contributed by atoms with Gasteiger partial charge in [-0.3, -0.25) is 0 Å². The summed E-state index contributed by atoms with van der Waals surface area (Å²) in [6.45, 7) is 6.97. The Morgan fingerprint density at radius 2 is 1.53 bits per heavy atom. The fraction of sp³-hybridized carbons (Fsp3) is 1.00. The molecule has 0 amide bonds. The van der Waals surface area contributed by atoms with Crippen LogP contribution in [0.1, 0.15) is 46.5 Å². The molecule has 1 rings (SSSR count). The lowest BCUT2D eigenvalue weighted by Gasteiger charge is -2.43. The van der Waals surface area contributed by atoms with Crippen molar-refractivity contribution < 1.29 is 5.11 Å². The molecule has 0 aromatic heterocycles. The van der Waals surface area contributed by atoms with E-state index in [9.17, 15) is 5.11 Å². The molecule has 0 aromatic carbocycles. The van der Waals surface area contributed by atoms with E-state index in [4.69, 9.17) is 0 Å². The van der Waals surface area contributed by atoms with Crippen molar-refractivity contribution >= 4 is 0 Å². The van der Waals surface area contributed by atoms with Crippen molar-refractivity contribution in [3.05, 3.63) is 0 Å². The molecule has 0 aliphatic heterocycles. The second-order valence-electron chi connectivity index (χ2n) is 6.34. The maximum absolute atomic E-state index is 9.54. The van der Waals surface area contributed by atoms with Crippen molar-refractivity contribution in [2.24, 2.45) is 11.3 Å². The van der Waals surface area contributed by atoms with Crippen LogP contribution in [-0.4, -0.2) is 36.2 Å². The molecule has 90 valence electrons. The highest BCUT2D eigenvalue weighted by molar-refractivity contribution is 4.89.